The van der Waals surface area contributed by atoms with Crippen molar-refractivity contribution >= 4 is 11.9 Å². The summed E-state index contributed by atoms with van der Waals surface area (Å²) in [7, 11) is 0. The highest BCUT2D eigenvalue weighted by molar-refractivity contribution is 5.73. The predicted octanol–water partition coefficient (Wildman–Crippen LogP) is 1.26. The molecule has 5 heteroatoms. The van der Waals surface area contributed by atoms with Crippen molar-refractivity contribution in [3.8, 4) is 0 Å². The topological polar surface area (TPSA) is 64.6 Å². The van der Waals surface area contributed by atoms with Gasteiger partial charge in [-0.1, -0.05) is 6.92 Å². The maximum atomic E-state index is 11.1. The molecule has 1 amide bonds. The number of ether oxygens (including phenoxy) is 2. The summed E-state index contributed by atoms with van der Waals surface area (Å²) in [6.45, 7) is 9.00. The minimum atomic E-state index is -0.414. The number of hydrogen-bond acceptors (Lipinski definition) is 4. The second kappa shape index (κ2) is 8.06. The summed E-state index contributed by atoms with van der Waals surface area (Å²) < 4.78 is 10.6. The molecule has 0 heterocycles. The first-order valence-corrected chi connectivity index (χ1v) is 5.94. The van der Waals surface area contributed by atoms with Crippen molar-refractivity contribution in [2.45, 2.75) is 59.3 Å². The van der Waals surface area contributed by atoms with Gasteiger partial charge in [0.2, 0.25) is 5.91 Å². The number of nitrogens with one attached hydrogen (secondary N) is 1. The van der Waals surface area contributed by atoms with Crippen LogP contribution in [0.2, 0.25) is 0 Å². The number of esters is 1. The van der Waals surface area contributed by atoms with Crippen LogP contribution < -0.4 is 5.32 Å². The Morgan fingerprint density at radius 1 is 1.18 bits per heavy atom. The molecule has 0 aliphatic carbocycles. The van der Waals surface area contributed by atoms with Crippen molar-refractivity contribution in [3.63, 3.8) is 0 Å². The predicted molar refractivity (Wildman–Crippen MR) is 64.5 cm³/mol. The summed E-state index contributed by atoms with van der Waals surface area (Å²) in [4.78, 5) is 22.0. The van der Waals surface area contributed by atoms with Crippen LogP contribution in [0.15, 0.2) is 0 Å². The van der Waals surface area contributed by atoms with Crippen LogP contribution in [-0.4, -0.2) is 36.7 Å². The third-order valence-electron chi connectivity index (χ3n) is 2.32. The van der Waals surface area contributed by atoms with E-state index in [2.05, 4.69) is 5.32 Å². The molecule has 5 nitrogen and oxygen atoms in total. The van der Waals surface area contributed by atoms with Gasteiger partial charge in [-0.2, -0.15) is 0 Å². The first-order chi connectivity index (χ1) is 7.88. The van der Waals surface area contributed by atoms with Crippen molar-refractivity contribution in [1.29, 1.82) is 0 Å². The van der Waals surface area contributed by atoms with Gasteiger partial charge in [-0.3, -0.25) is 9.59 Å². The van der Waals surface area contributed by atoms with E-state index < -0.39 is 6.10 Å². The average Bonchev–Trinajstić information content (AvgIpc) is 2.21. The summed E-state index contributed by atoms with van der Waals surface area (Å²) in [6.07, 6.45) is 0.287. The third kappa shape index (κ3) is 6.94. The standard InChI is InChI=1S/C12H23NO4/c1-6-7-16-8(2)12(13-10(4)14)9(3)17-11(5)15/h8-9,12H,6-7H2,1-5H3,(H,13,14)/t8-,9-,12-/m1/s1. The van der Waals surface area contributed by atoms with Gasteiger partial charge in [-0.25, -0.2) is 0 Å². The van der Waals surface area contributed by atoms with Crippen LogP contribution in [0.1, 0.15) is 41.0 Å². The highest BCUT2D eigenvalue weighted by Crippen LogP contribution is 2.08. The minimum Gasteiger partial charge on any atom is -0.461 e. The van der Waals surface area contributed by atoms with Gasteiger partial charge in [-0.15, -0.1) is 0 Å². The van der Waals surface area contributed by atoms with E-state index in [1.807, 2.05) is 13.8 Å². The summed E-state index contributed by atoms with van der Waals surface area (Å²) in [5, 5.41) is 2.75. The van der Waals surface area contributed by atoms with Gasteiger partial charge >= 0.3 is 5.97 Å². The van der Waals surface area contributed by atoms with Crippen LogP contribution in [0.4, 0.5) is 0 Å². The van der Waals surface area contributed by atoms with Gasteiger partial charge in [-0.05, 0) is 20.3 Å². The highest BCUT2D eigenvalue weighted by atomic mass is 16.5. The first-order valence-electron chi connectivity index (χ1n) is 5.94. The van der Waals surface area contributed by atoms with Crippen LogP contribution >= 0.6 is 0 Å². The lowest BCUT2D eigenvalue weighted by molar-refractivity contribution is -0.150. The number of rotatable bonds is 7. The molecule has 1 N–H and O–H groups in total. The lowest BCUT2D eigenvalue weighted by Gasteiger charge is -2.29. The summed E-state index contributed by atoms with van der Waals surface area (Å²) in [5.74, 6) is -0.531. The fourth-order valence-corrected chi connectivity index (χ4v) is 1.59. The van der Waals surface area contributed by atoms with E-state index in [4.69, 9.17) is 9.47 Å². The Morgan fingerprint density at radius 3 is 2.18 bits per heavy atom. The monoisotopic (exact) mass is 245 g/mol. The molecule has 100 valence electrons. The van der Waals surface area contributed by atoms with E-state index >= 15 is 0 Å². The molecule has 0 radical (unpaired) electrons. The average molecular weight is 245 g/mol. The lowest BCUT2D eigenvalue weighted by Crippen LogP contribution is -2.50. The van der Waals surface area contributed by atoms with Crippen LogP contribution in [0, 0.1) is 0 Å². The van der Waals surface area contributed by atoms with Gasteiger partial charge in [0, 0.05) is 20.5 Å². The quantitative estimate of drug-likeness (QED) is 0.686. The van der Waals surface area contributed by atoms with Crippen molar-refractivity contribution in [1.82, 2.24) is 5.32 Å². The zero-order valence-electron chi connectivity index (χ0n) is 11.3. The molecule has 0 rings (SSSR count). The van der Waals surface area contributed by atoms with E-state index in [0.717, 1.165) is 6.42 Å². The van der Waals surface area contributed by atoms with Crippen molar-refractivity contribution in [2.24, 2.45) is 0 Å². The molecular formula is C12H23NO4. The number of carbonyl (C=O) groups excluding carboxylic acids is 2. The lowest BCUT2D eigenvalue weighted by atomic mass is 10.1. The van der Waals surface area contributed by atoms with Gasteiger partial charge < -0.3 is 14.8 Å². The Balaban J connectivity index is 4.49. The van der Waals surface area contributed by atoms with Gasteiger partial charge in [0.1, 0.15) is 6.10 Å². The fraction of sp³-hybridized carbons (Fsp3) is 0.833. The molecule has 0 aromatic carbocycles. The molecule has 0 saturated heterocycles. The number of amides is 1. The Labute approximate surface area is 103 Å². The number of carbonyl (C=O) groups is 2. The second-order valence-electron chi connectivity index (χ2n) is 4.12. The Hall–Kier alpha value is -1.10. The first kappa shape index (κ1) is 15.9. The maximum Gasteiger partial charge on any atom is 0.302 e. The van der Waals surface area contributed by atoms with Gasteiger partial charge in [0.15, 0.2) is 0 Å². The van der Waals surface area contributed by atoms with Gasteiger partial charge in [0.25, 0.3) is 0 Å². The SMILES string of the molecule is CCCO[C@H](C)[C@@H](NC(C)=O)[C@@H](C)OC(C)=O. The summed E-state index contributed by atoms with van der Waals surface area (Å²) >= 11 is 0. The van der Waals surface area contributed by atoms with E-state index in [1.165, 1.54) is 13.8 Å². The minimum absolute atomic E-state index is 0.166. The molecule has 0 saturated carbocycles. The van der Waals surface area contributed by atoms with E-state index in [1.54, 1.807) is 6.92 Å². The Bertz CT molecular complexity index is 255. The Kier molecular flexibility index (Phi) is 7.54. The molecule has 0 aliphatic rings. The number of hydrogen-bond donors (Lipinski definition) is 1. The van der Waals surface area contributed by atoms with E-state index in [9.17, 15) is 9.59 Å². The molecular weight excluding hydrogens is 222 g/mol. The van der Waals surface area contributed by atoms with Crippen LogP contribution in [0.3, 0.4) is 0 Å². The molecule has 0 aromatic heterocycles. The largest absolute Gasteiger partial charge is 0.461 e. The molecule has 0 fully saturated rings. The van der Waals surface area contributed by atoms with E-state index in [0.29, 0.717) is 6.61 Å². The second-order valence-corrected chi connectivity index (χ2v) is 4.12. The van der Waals surface area contributed by atoms with E-state index in [-0.39, 0.29) is 24.0 Å². The maximum absolute atomic E-state index is 11.1. The fourth-order valence-electron chi connectivity index (χ4n) is 1.59. The molecule has 0 unspecified atom stereocenters. The molecule has 0 aliphatic heterocycles. The van der Waals surface area contributed by atoms with Crippen molar-refractivity contribution in [2.75, 3.05) is 6.61 Å². The van der Waals surface area contributed by atoms with Gasteiger partial charge in [0.05, 0.1) is 12.1 Å². The summed E-state index contributed by atoms with van der Waals surface area (Å²) in [6, 6.07) is -0.331. The van der Waals surface area contributed by atoms with Crippen molar-refractivity contribution < 1.29 is 19.1 Å². The Morgan fingerprint density at radius 2 is 1.76 bits per heavy atom. The smallest absolute Gasteiger partial charge is 0.302 e. The zero-order valence-corrected chi connectivity index (χ0v) is 11.3. The zero-order chi connectivity index (χ0) is 13.4. The molecule has 0 bridgehead atoms. The molecule has 0 aromatic rings. The molecule has 0 spiro atoms. The van der Waals surface area contributed by atoms with Crippen LogP contribution in [-0.2, 0) is 19.1 Å². The van der Waals surface area contributed by atoms with Crippen molar-refractivity contribution in [3.05, 3.63) is 0 Å². The normalized spacial score (nSPS) is 15.8. The molecule has 3 atom stereocenters. The summed E-state index contributed by atoms with van der Waals surface area (Å²) in [5.41, 5.74) is 0. The molecule has 17 heavy (non-hydrogen) atoms. The highest BCUT2D eigenvalue weighted by Gasteiger charge is 2.27. The van der Waals surface area contributed by atoms with Crippen LogP contribution in [0.25, 0.3) is 0 Å². The third-order valence-corrected chi connectivity index (χ3v) is 2.32. The van der Waals surface area contributed by atoms with Crippen LogP contribution in [0.5, 0.6) is 0 Å².